The zero-order valence-electron chi connectivity index (χ0n) is 28.8. The monoisotopic (exact) mass is 1010 g/mol. The Morgan fingerprint density at radius 2 is 0.643 bits per heavy atom. The third-order valence-corrected chi connectivity index (χ3v) is 6.20. The van der Waals surface area contributed by atoms with Crippen molar-refractivity contribution in [3.05, 3.63) is 0 Å². The van der Waals surface area contributed by atoms with Gasteiger partial charge in [0, 0.05) is 38.8 Å². The summed E-state index contributed by atoms with van der Waals surface area (Å²) in [5, 5.41) is 2.95. The summed E-state index contributed by atoms with van der Waals surface area (Å²) in [6.07, 6.45) is -47.4. The molecule has 0 unspecified atom stereocenters. The fourth-order valence-corrected chi connectivity index (χ4v) is 3.95. The Morgan fingerprint density at radius 3 is 0.893 bits per heavy atom. The van der Waals surface area contributed by atoms with Gasteiger partial charge >= 0.3 is 61.9 Å². The van der Waals surface area contributed by atoms with Crippen molar-refractivity contribution in [1.29, 1.82) is 0 Å². The van der Waals surface area contributed by atoms with Crippen LogP contribution >= 0.6 is 0 Å². The molecule has 0 aliphatic heterocycles. The van der Waals surface area contributed by atoms with Gasteiger partial charge < -0.3 is 53.6 Å². The fraction of sp³-hybridized carbons (Fsp3) is 0.917. The molecule has 2 N–H and O–H groups in total. The van der Waals surface area contributed by atoms with Crippen LogP contribution in [0.25, 0.3) is 0 Å². The minimum atomic E-state index is -6.23. The summed E-state index contributed by atoms with van der Waals surface area (Å²) in [6.45, 7) is -0.0265. The number of hydrogen-bond donors (Lipinski definition) is 2. The molecule has 0 rings (SSSR count). The highest BCUT2D eigenvalue weighted by molar-refractivity contribution is 5.82. The summed E-state index contributed by atoms with van der Waals surface area (Å²) in [5.41, 5.74) is 0. The van der Waals surface area contributed by atoms with Crippen molar-refractivity contribution < 1.29 is 160 Å². The van der Waals surface area contributed by atoms with Crippen LogP contribution in [0.2, 0.25) is 0 Å². The van der Waals surface area contributed by atoms with E-state index in [2.05, 4.69) is 18.9 Å². The number of nitrogens with one attached hydrogen (secondary N) is 2. The van der Waals surface area contributed by atoms with Crippen LogP contribution < -0.4 is 44.6 Å². The smallest absolute Gasteiger partial charge is 0.529 e. The number of alkyl halides is 18. The van der Waals surface area contributed by atoms with E-state index in [1.54, 1.807) is 28.2 Å². The van der Waals surface area contributed by atoms with Gasteiger partial charge in [0.05, 0.1) is 54.4 Å². The van der Waals surface area contributed by atoms with Crippen molar-refractivity contribution in [3.63, 3.8) is 0 Å². The van der Waals surface area contributed by atoms with Crippen LogP contribution in [0.1, 0.15) is 25.7 Å². The topological polar surface area (TPSA) is 114 Å². The van der Waals surface area contributed by atoms with Crippen molar-refractivity contribution in [3.8, 4) is 0 Å². The number of quaternary nitrogens is 2. The number of rotatable bonds is 25. The Bertz CT molecular complexity index is 1130. The van der Waals surface area contributed by atoms with E-state index in [4.69, 9.17) is 0 Å². The number of ether oxygens (including phenoxy) is 6. The van der Waals surface area contributed by atoms with Crippen LogP contribution in [0.3, 0.4) is 0 Å². The zero-order chi connectivity index (χ0) is 42.9. The highest BCUT2D eigenvalue weighted by Gasteiger charge is 2.60. The molecule has 12 nitrogen and oxygen atoms in total. The van der Waals surface area contributed by atoms with Gasteiger partial charge in [-0.25, -0.2) is 18.9 Å². The lowest BCUT2D eigenvalue weighted by Gasteiger charge is -2.32. The number of carbonyl (C=O) groups excluding carboxylic acids is 2. The van der Waals surface area contributed by atoms with Gasteiger partial charge in [-0.2, -0.15) is 27.0 Å². The first-order chi connectivity index (χ1) is 23.7. The second-order valence-corrected chi connectivity index (χ2v) is 12.1. The third kappa shape index (κ3) is 27.1. The van der Waals surface area contributed by atoms with E-state index >= 15 is 0 Å². The normalized spacial score (nSPS) is 14.2. The molecule has 0 saturated heterocycles. The lowest BCUT2D eigenvalue weighted by molar-refractivity contribution is -0.896. The Balaban J connectivity index is -0.0000140. The van der Waals surface area contributed by atoms with Crippen LogP contribution in [0.15, 0.2) is 0 Å². The van der Waals surface area contributed by atoms with Gasteiger partial charge in [-0.15, -0.1) is 61.5 Å². The minimum absolute atomic E-state index is 0. The molecule has 0 saturated carbocycles. The SMILES string of the molecule is C[N+](C)(CCCC[N+](C)(C)CCCNC(=O)C(F)(F)OC(F)(F)OC(F)(F)OC(F)(F)F)CCCNC(=O)C(F)(F)OC(F)(F)OC(F)(F)OC(F)(F)F.[Br-].[Br-]. The molecule has 338 valence electrons. The van der Waals surface area contributed by atoms with Crippen molar-refractivity contribution >= 4 is 11.8 Å². The van der Waals surface area contributed by atoms with Gasteiger partial charge in [0.15, 0.2) is 0 Å². The molecule has 32 heteroatoms. The maximum Gasteiger partial charge on any atom is 0.529 e. The number of nitrogens with zero attached hydrogens (tertiary/aromatic N) is 2. The van der Waals surface area contributed by atoms with Gasteiger partial charge in [-0.1, -0.05) is 0 Å². The predicted octanol–water partition coefficient (Wildman–Crippen LogP) is -0.534. The summed E-state index contributed by atoms with van der Waals surface area (Å²) in [7, 11) is 6.64. The van der Waals surface area contributed by atoms with Crippen LogP contribution in [0.4, 0.5) is 79.0 Å². The van der Waals surface area contributed by atoms with E-state index in [0.29, 0.717) is 25.9 Å². The molecule has 0 aromatic heterocycles. The lowest BCUT2D eigenvalue weighted by Crippen LogP contribution is -3.00. The molecule has 0 aromatic carbocycles. The van der Waals surface area contributed by atoms with Crippen molar-refractivity contribution in [1.82, 2.24) is 10.6 Å². The number of hydrogen-bond acceptors (Lipinski definition) is 8. The van der Waals surface area contributed by atoms with Crippen molar-refractivity contribution in [2.24, 2.45) is 0 Å². The highest BCUT2D eigenvalue weighted by atomic mass is 79.9. The van der Waals surface area contributed by atoms with E-state index in [1.165, 1.54) is 10.6 Å². The largest absolute Gasteiger partial charge is 1.00 e. The van der Waals surface area contributed by atoms with Crippen LogP contribution in [0.5, 0.6) is 0 Å². The summed E-state index contributed by atoms with van der Waals surface area (Å²) < 4.78 is 243. The average molecular weight is 1010 g/mol. The Hall–Kier alpha value is -1.68. The van der Waals surface area contributed by atoms with Gasteiger partial charge in [-0.05, 0) is 0 Å². The second-order valence-electron chi connectivity index (χ2n) is 12.1. The molecule has 2 amide bonds. The molecule has 0 aliphatic rings. The Kier molecular flexibility index (Phi) is 22.6. The van der Waals surface area contributed by atoms with Crippen LogP contribution in [-0.2, 0) is 38.0 Å². The van der Waals surface area contributed by atoms with Gasteiger partial charge in [0.25, 0.3) is 0 Å². The number of unbranched alkanes of at least 4 members (excludes halogenated alkanes) is 1. The van der Waals surface area contributed by atoms with Crippen molar-refractivity contribution in [2.75, 3.05) is 67.5 Å². The molecular formula is C24H34Br2F18N4O8. The molecule has 0 aromatic rings. The summed E-state index contributed by atoms with van der Waals surface area (Å²) in [5.74, 6) is -5.15. The minimum Gasteiger partial charge on any atom is -1.00 e. The molecule has 0 atom stereocenters. The molecular weight excluding hydrogens is 974 g/mol. The Labute approximate surface area is 325 Å². The third-order valence-electron chi connectivity index (χ3n) is 6.20. The van der Waals surface area contributed by atoms with Crippen LogP contribution in [-0.4, -0.2) is 138 Å². The Morgan fingerprint density at radius 1 is 0.411 bits per heavy atom. The quantitative estimate of drug-likeness (QED) is 0.0544. The summed E-state index contributed by atoms with van der Waals surface area (Å²) >= 11 is 0. The fourth-order valence-electron chi connectivity index (χ4n) is 3.95. The van der Waals surface area contributed by atoms with E-state index < -0.39 is 75.0 Å². The summed E-state index contributed by atoms with van der Waals surface area (Å²) in [6, 6.07) is 0. The molecule has 0 bridgehead atoms. The number of carbonyl (C=O) groups is 2. The first-order valence-electron chi connectivity index (χ1n) is 14.5. The predicted molar refractivity (Wildman–Crippen MR) is 136 cm³/mol. The molecule has 0 radical (unpaired) electrons. The van der Waals surface area contributed by atoms with E-state index in [-0.39, 0.29) is 68.9 Å². The van der Waals surface area contributed by atoms with E-state index in [9.17, 15) is 88.6 Å². The standard InChI is InChI=1S/C24H32F18N4O8.2BrH/c1-45(2,13-7-9-43-15(47)17(25,26)49-21(35,36)53-23(39,40)51-19(29,30)31)11-5-6-12-46(3,4)14-8-10-44-16(48)18(27,28)50-22(37,38)54-24(41,42)52-20(32,33)34;;/h5-14H2,1-4H3;2*1H. The van der Waals surface area contributed by atoms with Crippen LogP contribution in [0, 0.1) is 0 Å². The first-order valence-corrected chi connectivity index (χ1v) is 14.5. The molecule has 0 heterocycles. The van der Waals surface area contributed by atoms with Gasteiger partial charge in [0.1, 0.15) is 0 Å². The number of halogens is 20. The van der Waals surface area contributed by atoms with Gasteiger partial charge in [-0.3, -0.25) is 9.59 Å². The maximum absolute atomic E-state index is 13.7. The maximum atomic E-state index is 13.7. The average Bonchev–Trinajstić information content (AvgIpc) is 2.85. The number of amides is 2. The second kappa shape index (κ2) is 21.5. The molecule has 0 spiro atoms. The highest BCUT2D eigenvalue weighted by Crippen LogP contribution is 2.38. The lowest BCUT2D eigenvalue weighted by atomic mass is 10.2. The van der Waals surface area contributed by atoms with Gasteiger partial charge in [0.2, 0.25) is 0 Å². The molecule has 56 heavy (non-hydrogen) atoms. The van der Waals surface area contributed by atoms with Crippen molar-refractivity contribution in [2.45, 2.75) is 75.8 Å². The molecule has 0 fully saturated rings. The van der Waals surface area contributed by atoms with E-state index in [1.807, 2.05) is 9.47 Å². The summed E-state index contributed by atoms with van der Waals surface area (Å²) in [4.78, 5) is 23.1. The zero-order valence-corrected chi connectivity index (χ0v) is 32.0. The van der Waals surface area contributed by atoms with E-state index in [0.717, 1.165) is 0 Å². The first kappa shape index (κ1) is 58.6. The molecule has 0 aliphatic carbocycles.